The van der Waals surface area contributed by atoms with E-state index >= 15 is 0 Å². The molecule has 1 aromatic heterocycles. The molecule has 0 saturated heterocycles. The van der Waals surface area contributed by atoms with Crippen LogP contribution < -0.4 is 4.74 Å². The van der Waals surface area contributed by atoms with E-state index in [0.717, 1.165) is 28.0 Å². The smallest absolute Gasteiger partial charge is 0.417 e. The van der Waals surface area contributed by atoms with E-state index in [-0.39, 0.29) is 0 Å². The molecule has 0 radical (unpaired) electrons. The van der Waals surface area contributed by atoms with Crippen LogP contribution in [0.3, 0.4) is 0 Å². The van der Waals surface area contributed by atoms with Crippen LogP contribution in [0, 0.1) is 0 Å². The molecule has 2 aromatic rings. The number of hydrogen-bond donors (Lipinski definition) is 0. The molecule has 0 fully saturated rings. The SMILES string of the molecule is COc1ccc(Br)c(CSc2ccc(C(F)(F)F)cn2)c1. The van der Waals surface area contributed by atoms with Gasteiger partial charge in [-0.05, 0) is 35.9 Å². The van der Waals surface area contributed by atoms with Gasteiger partial charge in [-0.3, -0.25) is 0 Å². The maximum absolute atomic E-state index is 12.4. The Hall–Kier alpha value is -1.21. The second-order valence-corrected chi connectivity index (χ2v) is 5.98. The van der Waals surface area contributed by atoms with E-state index in [4.69, 9.17) is 4.74 Å². The summed E-state index contributed by atoms with van der Waals surface area (Å²) in [5.74, 6) is 1.31. The highest BCUT2D eigenvalue weighted by molar-refractivity contribution is 9.10. The van der Waals surface area contributed by atoms with Gasteiger partial charge in [0, 0.05) is 16.4 Å². The summed E-state index contributed by atoms with van der Waals surface area (Å²) in [4.78, 5) is 3.83. The highest BCUT2D eigenvalue weighted by Gasteiger charge is 2.30. The van der Waals surface area contributed by atoms with Crippen molar-refractivity contribution in [3.63, 3.8) is 0 Å². The molecule has 0 aliphatic carbocycles. The molecule has 0 saturated carbocycles. The minimum atomic E-state index is -4.36. The van der Waals surface area contributed by atoms with Crippen LogP contribution in [-0.2, 0) is 11.9 Å². The third-order valence-corrected chi connectivity index (χ3v) is 4.46. The third-order valence-electron chi connectivity index (χ3n) is 2.69. The molecule has 0 aliphatic heterocycles. The second kappa shape index (κ2) is 6.70. The average molecular weight is 378 g/mol. The Kier molecular flexibility index (Phi) is 5.16. The Morgan fingerprint density at radius 1 is 1.24 bits per heavy atom. The monoisotopic (exact) mass is 377 g/mol. The molecule has 0 amide bonds. The normalized spacial score (nSPS) is 11.5. The summed E-state index contributed by atoms with van der Waals surface area (Å²) in [5.41, 5.74) is 0.246. The van der Waals surface area contributed by atoms with Crippen LogP contribution >= 0.6 is 27.7 Å². The molecule has 2 rings (SSSR count). The lowest BCUT2D eigenvalue weighted by atomic mass is 10.2. The Balaban J connectivity index is 2.06. The molecule has 1 aromatic carbocycles. The summed E-state index contributed by atoms with van der Waals surface area (Å²) in [6, 6.07) is 7.99. The number of hydrogen-bond acceptors (Lipinski definition) is 3. The molecule has 0 aliphatic rings. The zero-order valence-electron chi connectivity index (χ0n) is 10.9. The highest BCUT2D eigenvalue weighted by Crippen LogP contribution is 2.31. The lowest BCUT2D eigenvalue weighted by molar-refractivity contribution is -0.137. The number of aromatic nitrogens is 1. The first kappa shape index (κ1) is 16.2. The van der Waals surface area contributed by atoms with E-state index in [1.54, 1.807) is 7.11 Å². The van der Waals surface area contributed by atoms with Crippen molar-refractivity contribution >= 4 is 27.7 Å². The van der Waals surface area contributed by atoms with Gasteiger partial charge in [-0.15, -0.1) is 11.8 Å². The predicted molar refractivity (Wildman–Crippen MR) is 79.5 cm³/mol. The summed E-state index contributed by atoms with van der Waals surface area (Å²) in [7, 11) is 1.58. The van der Waals surface area contributed by atoms with Crippen molar-refractivity contribution in [1.29, 1.82) is 0 Å². The van der Waals surface area contributed by atoms with Crippen LogP contribution in [-0.4, -0.2) is 12.1 Å². The number of thioether (sulfide) groups is 1. The van der Waals surface area contributed by atoms with Crippen LogP contribution in [0.25, 0.3) is 0 Å². The molecule has 0 spiro atoms. The van der Waals surface area contributed by atoms with Crippen molar-refractivity contribution in [1.82, 2.24) is 4.98 Å². The van der Waals surface area contributed by atoms with E-state index in [1.807, 2.05) is 18.2 Å². The minimum absolute atomic E-state index is 0.540. The molecular formula is C14H11BrF3NOS. The van der Waals surface area contributed by atoms with Gasteiger partial charge in [0.15, 0.2) is 0 Å². The zero-order chi connectivity index (χ0) is 15.5. The molecule has 0 N–H and O–H groups in total. The van der Waals surface area contributed by atoms with E-state index in [0.29, 0.717) is 10.8 Å². The zero-order valence-corrected chi connectivity index (χ0v) is 13.3. The number of pyridine rings is 1. The first-order valence-corrected chi connectivity index (χ1v) is 7.66. The summed E-state index contributed by atoms with van der Waals surface area (Å²) in [5, 5.41) is 0.540. The van der Waals surface area contributed by atoms with Gasteiger partial charge in [-0.2, -0.15) is 13.2 Å². The third kappa shape index (κ3) is 4.38. The van der Waals surface area contributed by atoms with Crippen LogP contribution in [0.2, 0.25) is 0 Å². The van der Waals surface area contributed by atoms with Crippen LogP contribution in [0.4, 0.5) is 13.2 Å². The van der Waals surface area contributed by atoms with Gasteiger partial charge >= 0.3 is 6.18 Å². The predicted octanol–water partition coefficient (Wildman–Crippen LogP) is 5.16. The Morgan fingerprint density at radius 3 is 2.57 bits per heavy atom. The minimum Gasteiger partial charge on any atom is -0.497 e. The van der Waals surface area contributed by atoms with Crippen molar-refractivity contribution < 1.29 is 17.9 Å². The number of alkyl halides is 3. The summed E-state index contributed by atoms with van der Waals surface area (Å²) < 4.78 is 43.4. The topological polar surface area (TPSA) is 22.1 Å². The summed E-state index contributed by atoms with van der Waals surface area (Å²) in [6.07, 6.45) is -3.50. The van der Waals surface area contributed by atoms with Crippen molar-refractivity contribution in [2.45, 2.75) is 17.0 Å². The summed E-state index contributed by atoms with van der Waals surface area (Å²) in [6.45, 7) is 0. The van der Waals surface area contributed by atoms with Gasteiger partial charge in [-0.1, -0.05) is 15.9 Å². The van der Waals surface area contributed by atoms with E-state index in [2.05, 4.69) is 20.9 Å². The number of nitrogens with zero attached hydrogens (tertiary/aromatic N) is 1. The Labute approximate surface area is 132 Å². The van der Waals surface area contributed by atoms with E-state index < -0.39 is 11.7 Å². The molecule has 2 nitrogen and oxygen atoms in total. The molecule has 0 unspecified atom stereocenters. The van der Waals surface area contributed by atoms with E-state index in [9.17, 15) is 13.2 Å². The number of methoxy groups -OCH3 is 1. The lowest BCUT2D eigenvalue weighted by Crippen LogP contribution is -2.05. The fourth-order valence-electron chi connectivity index (χ4n) is 1.57. The van der Waals surface area contributed by atoms with Crippen molar-refractivity contribution in [2.24, 2.45) is 0 Å². The largest absolute Gasteiger partial charge is 0.497 e. The Morgan fingerprint density at radius 2 is 2.00 bits per heavy atom. The number of halogens is 4. The van der Waals surface area contributed by atoms with Gasteiger partial charge < -0.3 is 4.74 Å². The molecule has 7 heteroatoms. The quantitative estimate of drug-likeness (QED) is 0.686. The van der Waals surface area contributed by atoms with Crippen LogP contribution in [0.1, 0.15) is 11.1 Å². The van der Waals surface area contributed by atoms with Gasteiger partial charge in [0.25, 0.3) is 0 Å². The maximum atomic E-state index is 12.4. The second-order valence-electron chi connectivity index (χ2n) is 4.13. The van der Waals surface area contributed by atoms with Crippen molar-refractivity contribution in [3.8, 4) is 5.75 Å². The molecule has 0 atom stereocenters. The number of benzene rings is 1. The van der Waals surface area contributed by atoms with Crippen LogP contribution in [0.15, 0.2) is 46.0 Å². The molecular weight excluding hydrogens is 367 g/mol. The molecule has 21 heavy (non-hydrogen) atoms. The fourth-order valence-corrected chi connectivity index (χ4v) is 2.98. The van der Waals surface area contributed by atoms with Crippen molar-refractivity contribution in [3.05, 3.63) is 52.1 Å². The first-order valence-electron chi connectivity index (χ1n) is 5.88. The van der Waals surface area contributed by atoms with Gasteiger partial charge in [-0.25, -0.2) is 4.98 Å². The lowest BCUT2D eigenvalue weighted by Gasteiger charge is -2.08. The number of rotatable bonds is 4. The van der Waals surface area contributed by atoms with Gasteiger partial charge in [0.2, 0.25) is 0 Å². The maximum Gasteiger partial charge on any atom is 0.417 e. The number of ether oxygens (including phenoxy) is 1. The van der Waals surface area contributed by atoms with E-state index in [1.165, 1.54) is 17.8 Å². The average Bonchev–Trinajstić information content (AvgIpc) is 2.46. The molecule has 1 heterocycles. The standard InChI is InChI=1S/C14H11BrF3NOS/c1-20-11-3-4-12(15)9(6-11)8-21-13-5-2-10(7-19-13)14(16,17)18/h2-7H,8H2,1H3. The highest BCUT2D eigenvalue weighted by atomic mass is 79.9. The van der Waals surface area contributed by atoms with Gasteiger partial charge in [0.05, 0.1) is 17.7 Å². The Bertz CT molecular complexity index is 617. The molecule has 0 bridgehead atoms. The summed E-state index contributed by atoms with van der Waals surface area (Å²) >= 11 is 4.80. The fraction of sp³-hybridized carbons (Fsp3) is 0.214. The molecule has 112 valence electrons. The van der Waals surface area contributed by atoms with Crippen LogP contribution in [0.5, 0.6) is 5.75 Å². The first-order chi connectivity index (χ1) is 9.90. The van der Waals surface area contributed by atoms with Crippen molar-refractivity contribution in [2.75, 3.05) is 7.11 Å². The van der Waals surface area contributed by atoms with Gasteiger partial charge in [0.1, 0.15) is 5.75 Å².